The molecule has 5 N–H and O–H groups in total. The molecule has 3 aliphatic rings. The molecule has 1 amide bonds. The van der Waals surface area contributed by atoms with E-state index in [9.17, 15) is 4.79 Å². The molecule has 480 valence electrons. The molecule has 2 fully saturated rings. The van der Waals surface area contributed by atoms with Gasteiger partial charge in [0.2, 0.25) is 5.91 Å². The third-order valence-electron chi connectivity index (χ3n) is 16.3. The van der Waals surface area contributed by atoms with Crippen LogP contribution in [-0.2, 0) is 36.8 Å². The number of halogens is 2. The number of likely N-dealkylation sites (tertiary alicyclic amines) is 1. The fourth-order valence-corrected chi connectivity index (χ4v) is 11.7. The number of nitrogens with zero attached hydrogens (tertiary/aromatic N) is 8. The predicted molar refractivity (Wildman–Crippen MR) is 352 cm³/mol. The average molecular weight is 1260 g/mol. The standard InChI is InChI=1S/C68H91Cl2N11O8/c1-4-65(82)80-32-36-87-67-56(46-80)43-55(44-63(67)89-49-51-9-7-25-77(3)45-51)52-16-22-60(23-17-52)88-50-59(71)47-81(72)33-35-84-38-40-86-42-41-85-39-37-83-34-31-76(2)26-8-24-73-68-61-10-5-6-11-62(61)74-64(75-68)48-78-27-29-79(30-28-78)66(53-12-18-57(69)19-13-53)54-14-20-58(70)21-15-54/h5-6,10-23,43-44,47,51,66H,4,7-9,24-42,45-46,48-50,71-72H2,1-3H3,(H,73,74,75)/b59-47-. The van der Waals surface area contributed by atoms with Gasteiger partial charge in [-0.15, -0.1) is 0 Å². The number of hydrazine groups is 1. The van der Waals surface area contributed by atoms with Crippen LogP contribution in [-0.4, -0.2) is 204 Å². The van der Waals surface area contributed by atoms with E-state index in [4.69, 9.17) is 77.9 Å². The fourth-order valence-electron chi connectivity index (χ4n) is 11.5. The van der Waals surface area contributed by atoms with Crippen molar-refractivity contribution in [3.8, 4) is 28.4 Å². The number of benzene rings is 5. The van der Waals surface area contributed by atoms with Gasteiger partial charge in [-0.25, -0.2) is 15.8 Å². The Kier molecular flexibility index (Phi) is 26.6. The van der Waals surface area contributed by atoms with Crippen LogP contribution in [0, 0.1) is 5.92 Å². The number of piperidine rings is 1. The fraction of sp³-hybridized carbons (Fsp3) is 0.485. The van der Waals surface area contributed by atoms with Crippen molar-refractivity contribution < 1.29 is 38.0 Å². The Bertz CT molecular complexity index is 3100. The maximum Gasteiger partial charge on any atom is 0.222 e. The number of piperazine rings is 1. The van der Waals surface area contributed by atoms with Crippen molar-refractivity contribution in [1.82, 2.24) is 39.5 Å². The van der Waals surface area contributed by atoms with E-state index in [0.717, 1.165) is 133 Å². The molecule has 5 aromatic carbocycles. The minimum atomic E-state index is 0.103. The van der Waals surface area contributed by atoms with Crippen molar-refractivity contribution in [2.24, 2.45) is 17.5 Å². The maximum atomic E-state index is 12.8. The molecule has 21 heteroatoms. The summed E-state index contributed by atoms with van der Waals surface area (Å²) in [6, 6.07) is 36.7. The molecule has 0 saturated carbocycles. The van der Waals surface area contributed by atoms with E-state index in [-0.39, 0.29) is 18.6 Å². The van der Waals surface area contributed by atoms with Gasteiger partial charge in [0.15, 0.2) is 11.5 Å². The lowest BCUT2D eigenvalue weighted by atomic mass is 9.96. The van der Waals surface area contributed by atoms with Gasteiger partial charge in [-0.05, 0) is 129 Å². The second-order valence-corrected chi connectivity index (χ2v) is 24.0. The van der Waals surface area contributed by atoms with Gasteiger partial charge in [0, 0.05) is 91.9 Å². The zero-order valence-electron chi connectivity index (χ0n) is 52.2. The minimum Gasteiger partial charge on any atom is -0.489 e. The number of rotatable bonds is 34. The molecule has 89 heavy (non-hydrogen) atoms. The number of anilines is 1. The second-order valence-electron chi connectivity index (χ2n) is 23.2. The highest BCUT2D eigenvalue weighted by molar-refractivity contribution is 6.30. The van der Waals surface area contributed by atoms with Gasteiger partial charge in [-0.2, -0.15) is 0 Å². The number of carbonyl (C=O) groups excluding carboxylic acids is 1. The number of nitrogens with two attached hydrogens (primary N) is 2. The number of para-hydroxylation sites is 1. The number of nitrogens with one attached hydrogen (secondary N) is 1. The van der Waals surface area contributed by atoms with Crippen molar-refractivity contribution in [3.63, 3.8) is 0 Å². The van der Waals surface area contributed by atoms with Crippen LogP contribution in [0.4, 0.5) is 5.82 Å². The summed E-state index contributed by atoms with van der Waals surface area (Å²) in [5.41, 5.74) is 13.0. The van der Waals surface area contributed by atoms with Gasteiger partial charge in [0.1, 0.15) is 30.6 Å². The van der Waals surface area contributed by atoms with Gasteiger partial charge < -0.3 is 63.9 Å². The minimum absolute atomic E-state index is 0.103. The largest absolute Gasteiger partial charge is 0.489 e. The lowest BCUT2D eigenvalue weighted by molar-refractivity contribution is -0.131. The van der Waals surface area contributed by atoms with Crippen LogP contribution in [0.3, 0.4) is 0 Å². The van der Waals surface area contributed by atoms with Crippen LogP contribution >= 0.6 is 23.2 Å². The zero-order valence-corrected chi connectivity index (χ0v) is 53.7. The van der Waals surface area contributed by atoms with Crippen molar-refractivity contribution >= 4 is 45.8 Å². The molecule has 0 aliphatic carbocycles. The quantitative estimate of drug-likeness (QED) is 0.0197. The Balaban J connectivity index is 0.589. The predicted octanol–water partition coefficient (Wildman–Crippen LogP) is 9.22. The number of aromatic nitrogens is 2. The monoisotopic (exact) mass is 1260 g/mol. The molecule has 3 aliphatic heterocycles. The molecule has 6 aromatic rings. The molecule has 2 saturated heterocycles. The second kappa shape index (κ2) is 35.3. The summed E-state index contributed by atoms with van der Waals surface area (Å²) in [5, 5.41) is 7.61. The number of hydrogen-bond donors (Lipinski definition) is 3. The summed E-state index contributed by atoms with van der Waals surface area (Å²) in [4.78, 5) is 34.3. The molecule has 0 radical (unpaired) electrons. The number of hydrogen-bond acceptors (Lipinski definition) is 18. The Labute approximate surface area is 536 Å². The number of likely N-dealkylation sites (N-methyl/N-ethyl adjacent to an activating group) is 1. The highest BCUT2D eigenvalue weighted by atomic mass is 35.5. The number of carbonyl (C=O) groups is 1. The van der Waals surface area contributed by atoms with Crippen molar-refractivity contribution in [3.05, 3.63) is 154 Å². The van der Waals surface area contributed by atoms with Crippen LogP contribution in [0.5, 0.6) is 17.2 Å². The first-order valence-electron chi connectivity index (χ1n) is 31.5. The molecular formula is C68H91Cl2N11O8. The first kappa shape index (κ1) is 67.1. The molecule has 1 atom stereocenters. The van der Waals surface area contributed by atoms with Crippen LogP contribution in [0.1, 0.15) is 61.2 Å². The van der Waals surface area contributed by atoms with Gasteiger partial charge in [-0.3, -0.25) is 14.6 Å². The van der Waals surface area contributed by atoms with Gasteiger partial charge in [0.25, 0.3) is 0 Å². The normalized spacial score (nSPS) is 16.2. The van der Waals surface area contributed by atoms with Crippen LogP contribution in [0.2, 0.25) is 10.0 Å². The average Bonchev–Trinajstić information content (AvgIpc) is 2.01. The van der Waals surface area contributed by atoms with Crippen LogP contribution in [0.25, 0.3) is 22.0 Å². The number of ether oxygens (including phenoxy) is 7. The molecule has 19 nitrogen and oxygen atoms in total. The van der Waals surface area contributed by atoms with Gasteiger partial charge >= 0.3 is 0 Å². The molecule has 4 heterocycles. The van der Waals surface area contributed by atoms with E-state index < -0.39 is 0 Å². The van der Waals surface area contributed by atoms with Crippen LogP contribution in [0.15, 0.2) is 121 Å². The third-order valence-corrected chi connectivity index (χ3v) is 16.8. The van der Waals surface area contributed by atoms with E-state index in [0.29, 0.717) is 122 Å². The summed E-state index contributed by atoms with van der Waals surface area (Å²) < 4.78 is 41.8. The van der Waals surface area contributed by atoms with Gasteiger partial charge in [-0.1, -0.05) is 78.7 Å². The van der Waals surface area contributed by atoms with E-state index in [1.54, 1.807) is 6.20 Å². The van der Waals surface area contributed by atoms with Crippen LogP contribution < -0.4 is 31.1 Å². The first-order valence-corrected chi connectivity index (χ1v) is 32.3. The summed E-state index contributed by atoms with van der Waals surface area (Å²) in [5.74, 6) is 10.6. The summed E-state index contributed by atoms with van der Waals surface area (Å²) in [6.07, 6.45) is 5.35. The van der Waals surface area contributed by atoms with Gasteiger partial charge in [0.05, 0.1) is 96.4 Å². The van der Waals surface area contributed by atoms with Crippen molar-refractivity contribution in [2.45, 2.75) is 51.7 Å². The number of amides is 1. The third kappa shape index (κ3) is 21.1. The molecule has 9 rings (SSSR count). The topological polar surface area (TPSA) is 191 Å². The molecule has 0 spiro atoms. The number of fused-ring (bicyclic) bond motifs is 2. The Morgan fingerprint density at radius 2 is 1.44 bits per heavy atom. The molecule has 0 bridgehead atoms. The summed E-state index contributed by atoms with van der Waals surface area (Å²) in [7, 11) is 4.28. The zero-order chi connectivity index (χ0) is 62.2. The lowest BCUT2D eigenvalue weighted by Crippen LogP contribution is -2.47. The Morgan fingerprint density at radius 3 is 2.11 bits per heavy atom. The van der Waals surface area contributed by atoms with E-state index >= 15 is 0 Å². The highest BCUT2D eigenvalue weighted by Gasteiger charge is 2.28. The highest BCUT2D eigenvalue weighted by Crippen LogP contribution is 2.40. The van der Waals surface area contributed by atoms with E-state index in [1.807, 2.05) is 72.5 Å². The molecular weight excluding hydrogens is 1170 g/mol. The molecule has 1 aromatic heterocycles. The molecule has 1 unspecified atom stereocenters. The SMILES string of the molecule is CCC(=O)N1CCOc2c(cc(-c3ccc(OC/C(N)=C/N(N)CCOCCOCCOCCOCCN(C)CCCNc4nc(CN5CCN(C(c6ccc(Cl)cc6)c6ccc(Cl)cc6)CC5)nc5ccccc45)cc3)cc2OCC2CCCN(C)C2)C1. The van der Waals surface area contributed by atoms with E-state index in [1.165, 1.54) is 16.1 Å². The Hall–Kier alpha value is -6.33. The smallest absolute Gasteiger partial charge is 0.222 e. The Morgan fingerprint density at radius 1 is 0.775 bits per heavy atom. The van der Waals surface area contributed by atoms with E-state index in [2.05, 4.69) is 87.5 Å². The maximum absolute atomic E-state index is 12.8. The summed E-state index contributed by atoms with van der Waals surface area (Å²) >= 11 is 12.6. The van der Waals surface area contributed by atoms with Crippen molar-refractivity contribution in [1.29, 1.82) is 0 Å². The first-order chi connectivity index (χ1) is 43.4. The lowest BCUT2D eigenvalue weighted by Gasteiger charge is -2.39. The van der Waals surface area contributed by atoms with Crippen molar-refractivity contribution in [2.75, 3.05) is 164 Å². The summed E-state index contributed by atoms with van der Waals surface area (Å²) in [6.45, 7) is 17.3.